The Morgan fingerprint density at radius 3 is 3.00 bits per heavy atom. The minimum atomic E-state index is -0.564. The molecule has 1 atom stereocenters. The number of aromatic amines is 1. The number of nitrogens with two attached hydrogens (primary N) is 1. The number of rotatable bonds is 2. The number of likely N-dealkylation sites (N-methyl/N-ethyl adjacent to an activating group) is 1. The summed E-state index contributed by atoms with van der Waals surface area (Å²) in [4.78, 5) is 13.8. The van der Waals surface area contributed by atoms with E-state index in [4.69, 9.17) is 5.73 Å². The summed E-state index contributed by atoms with van der Waals surface area (Å²) in [6, 6.07) is 1.21. The number of aromatic nitrogens is 1. The average Bonchev–Trinajstić information content (AvgIpc) is 2.53. The van der Waals surface area contributed by atoms with Gasteiger partial charge in [0, 0.05) is 19.4 Å². The maximum atomic E-state index is 11.0. The molecule has 0 aliphatic heterocycles. The molecule has 0 aliphatic carbocycles. The molecule has 4 heteroatoms. The molecule has 1 rings (SSSR count). The smallest absolute Gasteiger partial charge is 0.241 e. The first-order chi connectivity index (χ1) is 5.25. The normalized spacial score (nSPS) is 12.5. The van der Waals surface area contributed by atoms with E-state index < -0.39 is 6.04 Å². The lowest BCUT2D eigenvalue weighted by Crippen LogP contribution is -2.30. The van der Waals surface area contributed by atoms with Crippen LogP contribution in [-0.2, 0) is 4.79 Å². The predicted molar refractivity (Wildman–Crippen MR) is 41.8 cm³/mol. The van der Waals surface area contributed by atoms with Crippen molar-refractivity contribution in [3.63, 3.8) is 0 Å². The van der Waals surface area contributed by atoms with Crippen LogP contribution in [0.5, 0.6) is 0 Å². The fourth-order valence-electron chi connectivity index (χ4n) is 0.837. The Bertz CT molecular complexity index is 230. The van der Waals surface area contributed by atoms with E-state index in [9.17, 15) is 4.79 Å². The van der Waals surface area contributed by atoms with Crippen LogP contribution in [-0.4, -0.2) is 17.9 Å². The van der Waals surface area contributed by atoms with Crippen LogP contribution in [0.3, 0.4) is 0 Å². The number of nitrogens with one attached hydrogen (secondary N) is 2. The van der Waals surface area contributed by atoms with Crippen molar-refractivity contribution in [3.05, 3.63) is 24.0 Å². The average molecular weight is 153 g/mol. The van der Waals surface area contributed by atoms with Crippen LogP contribution in [0.2, 0.25) is 0 Å². The van der Waals surface area contributed by atoms with Crippen LogP contribution >= 0.6 is 0 Å². The van der Waals surface area contributed by atoms with E-state index in [2.05, 4.69) is 10.3 Å². The van der Waals surface area contributed by atoms with Gasteiger partial charge in [0.05, 0.1) is 0 Å². The van der Waals surface area contributed by atoms with Gasteiger partial charge in [-0.25, -0.2) is 0 Å². The lowest BCUT2D eigenvalue weighted by atomic mass is 10.1. The first-order valence-electron chi connectivity index (χ1n) is 3.35. The number of carbonyl (C=O) groups is 1. The highest BCUT2D eigenvalue weighted by atomic mass is 16.2. The summed E-state index contributed by atoms with van der Waals surface area (Å²) in [7, 11) is 1.56. The van der Waals surface area contributed by atoms with Gasteiger partial charge in [-0.2, -0.15) is 0 Å². The summed E-state index contributed by atoms with van der Waals surface area (Å²) >= 11 is 0. The van der Waals surface area contributed by atoms with Crippen molar-refractivity contribution in [1.29, 1.82) is 0 Å². The van der Waals surface area contributed by atoms with Crippen molar-refractivity contribution in [2.45, 2.75) is 6.04 Å². The zero-order valence-electron chi connectivity index (χ0n) is 6.29. The van der Waals surface area contributed by atoms with E-state index in [0.29, 0.717) is 0 Å². The Morgan fingerprint density at radius 1 is 1.82 bits per heavy atom. The van der Waals surface area contributed by atoms with Crippen molar-refractivity contribution in [2.75, 3.05) is 7.05 Å². The van der Waals surface area contributed by atoms with E-state index in [0.717, 1.165) is 5.56 Å². The van der Waals surface area contributed by atoms with Gasteiger partial charge in [0.15, 0.2) is 0 Å². The van der Waals surface area contributed by atoms with E-state index in [1.54, 1.807) is 25.5 Å². The molecule has 0 bridgehead atoms. The minimum Gasteiger partial charge on any atom is -0.367 e. The van der Waals surface area contributed by atoms with E-state index >= 15 is 0 Å². The van der Waals surface area contributed by atoms with Crippen LogP contribution in [0.1, 0.15) is 11.6 Å². The Balaban J connectivity index is 2.70. The molecule has 1 amide bonds. The van der Waals surface area contributed by atoms with E-state index in [1.807, 2.05) is 0 Å². The fourth-order valence-corrected chi connectivity index (χ4v) is 0.837. The summed E-state index contributed by atoms with van der Waals surface area (Å²) in [5.41, 5.74) is 6.36. The third-order valence-corrected chi connectivity index (χ3v) is 1.51. The maximum absolute atomic E-state index is 11.0. The van der Waals surface area contributed by atoms with Gasteiger partial charge in [0.2, 0.25) is 5.91 Å². The molecule has 4 nitrogen and oxygen atoms in total. The molecule has 0 saturated heterocycles. The topological polar surface area (TPSA) is 70.9 Å². The lowest BCUT2D eigenvalue weighted by molar-refractivity contribution is -0.121. The lowest BCUT2D eigenvalue weighted by Gasteiger charge is -2.06. The number of hydrogen-bond donors (Lipinski definition) is 3. The van der Waals surface area contributed by atoms with Gasteiger partial charge in [-0.05, 0) is 11.6 Å². The largest absolute Gasteiger partial charge is 0.367 e. The second-order valence-electron chi connectivity index (χ2n) is 2.24. The van der Waals surface area contributed by atoms with Gasteiger partial charge in [-0.3, -0.25) is 4.79 Å². The molecule has 4 N–H and O–H groups in total. The predicted octanol–water partition coefficient (Wildman–Crippen LogP) is -0.240. The van der Waals surface area contributed by atoms with Gasteiger partial charge in [0.25, 0.3) is 0 Å². The molecule has 1 unspecified atom stereocenters. The van der Waals surface area contributed by atoms with Crippen molar-refractivity contribution in [2.24, 2.45) is 5.73 Å². The number of amides is 1. The Labute approximate surface area is 64.8 Å². The maximum Gasteiger partial charge on any atom is 0.241 e. The molecule has 1 aromatic rings. The molecule has 11 heavy (non-hydrogen) atoms. The zero-order chi connectivity index (χ0) is 8.27. The van der Waals surface area contributed by atoms with Crippen LogP contribution in [0, 0.1) is 0 Å². The van der Waals surface area contributed by atoms with E-state index in [-0.39, 0.29) is 5.91 Å². The highest BCUT2D eigenvalue weighted by molar-refractivity contribution is 5.82. The van der Waals surface area contributed by atoms with Crippen molar-refractivity contribution in [3.8, 4) is 0 Å². The van der Waals surface area contributed by atoms with Gasteiger partial charge in [-0.1, -0.05) is 0 Å². The number of carbonyl (C=O) groups excluding carboxylic acids is 1. The first kappa shape index (κ1) is 7.81. The highest BCUT2D eigenvalue weighted by Crippen LogP contribution is 2.07. The Morgan fingerprint density at radius 2 is 2.55 bits per heavy atom. The van der Waals surface area contributed by atoms with Crippen molar-refractivity contribution in [1.82, 2.24) is 10.3 Å². The monoisotopic (exact) mass is 153 g/mol. The third-order valence-electron chi connectivity index (χ3n) is 1.51. The van der Waals surface area contributed by atoms with Crippen LogP contribution < -0.4 is 11.1 Å². The summed E-state index contributed by atoms with van der Waals surface area (Å²) in [6.45, 7) is 0. The van der Waals surface area contributed by atoms with Gasteiger partial charge < -0.3 is 16.0 Å². The van der Waals surface area contributed by atoms with Crippen LogP contribution in [0.4, 0.5) is 0 Å². The van der Waals surface area contributed by atoms with Gasteiger partial charge >= 0.3 is 0 Å². The molecule has 0 saturated carbocycles. The Hall–Kier alpha value is -1.29. The van der Waals surface area contributed by atoms with Crippen molar-refractivity contribution < 1.29 is 4.79 Å². The summed E-state index contributed by atoms with van der Waals surface area (Å²) in [5.74, 6) is -0.176. The molecule has 0 aromatic carbocycles. The fraction of sp³-hybridized carbons (Fsp3) is 0.286. The molecule has 0 aliphatic rings. The zero-order valence-corrected chi connectivity index (χ0v) is 6.29. The first-order valence-corrected chi connectivity index (χ1v) is 3.35. The highest BCUT2D eigenvalue weighted by Gasteiger charge is 2.13. The summed E-state index contributed by atoms with van der Waals surface area (Å²) < 4.78 is 0. The molecule has 0 radical (unpaired) electrons. The van der Waals surface area contributed by atoms with E-state index in [1.165, 1.54) is 0 Å². The molecule has 1 aromatic heterocycles. The Kier molecular flexibility index (Phi) is 2.28. The standard InChI is InChI=1S/C7H11N3O/c1-9-7(11)6(8)5-2-3-10-4-5/h2-4,6,10H,8H2,1H3,(H,9,11). The minimum absolute atomic E-state index is 0.176. The number of H-pyrrole nitrogens is 1. The second kappa shape index (κ2) is 3.21. The molecular weight excluding hydrogens is 142 g/mol. The third kappa shape index (κ3) is 1.59. The molecule has 60 valence electrons. The summed E-state index contributed by atoms with van der Waals surface area (Å²) in [5, 5.41) is 2.48. The quantitative estimate of drug-likeness (QED) is 0.548. The van der Waals surface area contributed by atoms with Crippen LogP contribution in [0.25, 0.3) is 0 Å². The molecule has 0 spiro atoms. The summed E-state index contributed by atoms with van der Waals surface area (Å²) in [6.07, 6.45) is 3.44. The SMILES string of the molecule is CNC(=O)C(N)c1cc[nH]c1. The van der Waals surface area contributed by atoms with Gasteiger partial charge in [-0.15, -0.1) is 0 Å². The molecule has 0 fully saturated rings. The molecule has 1 heterocycles. The van der Waals surface area contributed by atoms with Crippen molar-refractivity contribution >= 4 is 5.91 Å². The van der Waals surface area contributed by atoms with Crippen LogP contribution in [0.15, 0.2) is 18.5 Å². The second-order valence-corrected chi connectivity index (χ2v) is 2.24. The molecular formula is C7H11N3O. The van der Waals surface area contributed by atoms with Gasteiger partial charge in [0.1, 0.15) is 6.04 Å². The number of hydrogen-bond acceptors (Lipinski definition) is 2.